The van der Waals surface area contributed by atoms with Gasteiger partial charge in [-0.2, -0.15) is 24.9 Å². The molecule has 1 heterocycles. The summed E-state index contributed by atoms with van der Waals surface area (Å²) in [5.74, 6) is 0.379. The van der Waals surface area contributed by atoms with Gasteiger partial charge >= 0.3 is 6.18 Å². The number of halogens is 3. The molecule has 1 amide bonds. The summed E-state index contributed by atoms with van der Waals surface area (Å²) in [4.78, 5) is 13.6. The van der Waals surface area contributed by atoms with Crippen LogP contribution in [0.2, 0.25) is 0 Å². The second-order valence-corrected chi connectivity index (χ2v) is 5.81. The minimum atomic E-state index is -4.35. The Balaban J connectivity index is 2.42. The maximum absolute atomic E-state index is 12.0. The van der Waals surface area contributed by atoms with Gasteiger partial charge in [0.2, 0.25) is 5.91 Å². The molecule has 1 aliphatic heterocycles. The van der Waals surface area contributed by atoms with Gasteiger partial charge < -0.3 is 5.32 Å². The quantitative estimate of drug-likeness (QED) is 0.855. The zero-order valence-corrected chi connectivity index (χ0v) is 11.4. The largest absolute Gasteiger partial charge is 0.405 e. The molecule has 106 valence electrons. The van der Waals surface area contributed by atoms with Gasteiger partial charge in [-0.1, -0.05) is 6.92 Å². The maximum atomic E-state index is 12.0. The fourth-order valence-corrected chi connectivity index (χ4v) is 3.05. The minimum Gasteiger partial charge on any atom is -0.346 e. The SMILES string of the molecule is CC[C@@H]1CN([C@@H](C)C(=O)NCC(F)(F)F)CCS1. The molecule has 7 heteroatoms. The van der Waals surface area contributed by atoms with Crippen LogP contribution in [0.5, 0.6) is 0 Å². The van der Waals surface area contributed by atoms with E-state index in [1.54, 1.807) is 6.92 Å². The third-order valence-corrected chi connectivity index (χ3v) is 4.39. The molecule has 0 saturated carbocycles. The summed E-state index contributed by atoms with van der Waals surface area (Å²) in [7, 11) is 0. The van der Waals surface area contributed by atoms with Crippen LogP contribution in [0.1, 0.15) is 20.3 Å². The van der Waals surface area contributed by atoms with Crippen molar-refractivity contribution < 1.29 is 18.0 Å². The molecule has 0 aromatic rings. The Bertz CT molecular complexity index is 286. The molecule has 18 heavy (non-hydrogen) atoms. The van der Waals surface area contributed by atoms with Crippen LogP contribution in [0.4, 0.5) is 13.2 Å². The highest BCUT2D eigenvalue weighted by molar-refractivity contribution is 8.00. The monoisotopic (exact) mass is 284 g/mol. The van der Waals surface area contributed by atoms with E-state index in [1.165, 1.54) is 0 Å². The Labute approximate surface area is 109 Å². The fourth-order valence-electron chi connectivity index (χ4n) is 1.84. The number of hydrogen-bond donors (Lipinski definition) is 1. The first-order valence-electron chi connectivity index (χ1n) is 6.03. The van der Waals surface area contributed by atoms with E-state index in [1.807, 2.05) is 22.0 Å². The Morgan fingerprint density at radius 2 is 2.22 bits per heavy atom. The van der Waals surface area contributed by atoms with Crippen molar-refractivity contribution in [3.8, 4) is 0 Å². The molecule has 2 atom stereocenters. The first kappa shape index (κ1) is 15.6. The van der Waals surface area contributed by atoms with E-state index in [4.69, 9.17) is 0 Å². The molecule has 1 saturated heterocycles. The number of carbonyl (C=O) groups is 1. The second kappa shape index (κ2) is 6.65. The lowest BCUT2D eigenvalue weighted by Crippen LogP contribution is -2.51. The highest BCUT2D eigenvalue weighted by Gasteiger charge is 2.31. The number of amides is 1. The number of thioether (sulfide) groups is 1. The first-order valence-corrected chi connectivity index (χ1v) is 7.08. The van der Waals surface area contributed by atoms with E-state index in [9.17, 15) is 18.0 Å². The third-order valence-electron chi connectivity index (χ3n) is 3.02. The van der Waals surface area contributed by atoms with Crippen molar-refractivity contribution >= 4 is 17.7 Å². The molecule has 3 nitrogen and oxygen atoms in total. The van der Waals surface area contributed by atoms with E-state index in [-0.39, 0.29) is 0 Å². The second-order valence-electron chi connectivity index (χ2n) is 4.40. The van der Waals surface area contributed by atoms with Crippen molar-refractivity contribution in [3.05, 3.63) is 0 Å². The molecular weight excluding hydrogens is 265 g/mol. The van der Waals surface area contributed by atoms with Crippen molar-refractivity contribution in [2.75, 3.05) is 25.4 Å². The molecule has 1 aliphatic rings. The molecule has 0 aliphatic carbocycles. The maximum Gasteiger partial charge on any atom is 0.405 e. The normalized spacial score (nSPS) is 23.7. The van der Waals surface area contributed by atoms with Gasteiger partial charge in [-0.25, -0.2) is 0 Å². The highest BCUT2D eigenvalue weighted by Crippen LogP contribution is 2.22. The summed E-state index contributed by atoms with van der Waals surface area (Å²) in [6.07, 6.45) is -3.34. The topological polar surface area (TPSA) is 32.3 Å². The lowest BCUT2D eigenvalue weighted by atomic mass is 10.2. The Morgan fingerprint density at radius 1 is 1.56 bits per heavy atom. The van der Waals surface area contributed by atoms with Gasteiger partial charge in [0.05, 0.1) is 6.04 Å². The molecular formula is C11H19F3N2OS. The average molecular weight is 284 g/mol. The molecule has 0 aromatic heterocycles. The third kappa shape index (κ3) is 5.06. The molecule has 0 radical (unpaired) electrons. The van der Waals surface area contributed by atoms with E-state index >= 15 is 0 Å². The molecule has 1 rings (SSSR count). The summed E-state index contributed by atoms with van der Waals surface area (Å²) in [5.41, 5.74) is 0. The lowest BCUT2D eigenvalue weighted by Gasteiger charge is -2.35. The number of rotatable bonds is 4. The summed E-state index contributed by atoms with van der Waals surface area (Å²) in [6, 6.07) is -0.498. The minimum absolute atomic E-state index is 0.469. The van der Waals surface area contributed by atoms with E-state index in [0.29, 0.717) is 5.25 Å². The summed E-state index contributed by atoms with van der Waals surface area (Å²) < 4.78 is 36.0. The van der Waals surface area contributed by atoms with Crippen LogP contribution < -0.4 is 5.32 Å². The Morgan fingerprint density at radius 3 is 2.78 bits per heavy atom. The average Bonchev–Trinajstić information content (AvgIpc) is 2.34. The van der Waals surface area contributed by atoms with Gasteiger partial charge in [-0.3, -0.25) is 9.69 Å². The van der Waals surface area contributed by atoms with Crippen LogP contribution in [-0.2, 0) is 4.79 Å². The van der Waals surface area contributed by atoms with Gasteiger partial charge in [-0.15, -0.1) is 0 Å². The van der Waals surface area contributed by atoms with Crippen LogP contribution in [0, 0.1) is 0 Å². The molecule has 1 fully saturated rings. The Hall–Kier alpha value is -0.430. The standard InChI is InChI=1S/C11H19F3N2OS/c1-3-9-6-16(4-5-18-9)8(2)10(17)15-7-11(12,13)14/h8-9H,3-7H2,1-2H3,(H,15,17)/t8-,9+/m0/s1. The van der Waals surface area contributed by atoms with Crippen molar-refractivity contribution in [1.29, 1.82) is 0 Å². The van der Waals surface area contributed by atoms with E-state index < -0.39 is 24.7 Å². The van der Waals surface area contributed by atoms with Gasteiger partial charge in [-0.05, 0) is 13.3 Å². The van der Waals surface area contributed by atoms with Crippen LogP contribution >= 0.6 is 11.8 Å². The predicted molar refractivity (Wildman–Crippen MR) is 66.6 cm³/mol. The predicted octanol–water partition coefficient (Wildman–Crippen LogP) is 1.88. The number of carbonyl (C=O) groups excluding carboxylic acids is 1. The zero-order valence-electron chi connectivity index (χ0n) is 10.6. The van der Waals surface area contributed by atoms with Gasteiger partial charge in [0.1, 0.15) is 6.54 Å². The van der Waals surface area contributed by atoms with Crippen molar-refractivity contribution in [2.24, 2.45) is 0 Å². The van der Waals surface area contributed by atoms with Gasteiger partial charge in [0.15, 0.2) is 0 Å². The highest BCUT2D eigenvalue weighted by atomic mass is 32.2. The van der Waals surface area contributed by atoms with Crippen molar-refractivity contribution in [2.45, 2.75) is 37.7 Å². The summed E-state index contributed by atoms with van der Waals surface area (Å²) in [5, 5.41) is 2.41. The number of hydrogen-bond acceptors (Lipinski definition) is 3. The number of nitrogens with zero attached hydrogens (tertiary/aromatic N) is 1. The molecule has 0 unspecified atom stereocenters. The number of nitrogens with one attached hydrogen (secondary N) is 1. The molecule has 1 N–H and O–H groups in total. The van der Waals surface area contributed by atoms with Crippen LogP contribution in [-0.4, -0.2) is 53.7 Å². The van der Waals surface area contributed by atoms with Gasteiger partial charge in [0.25, 0.3) is 0 Å². The van der Waals surface area contributed by atoms with Crippen molar-refractivity contribution in [1.82, 2.24) is 10.2 Å². The van der Waals surface area contributed by atoms with Gasteiger partial charge in [0, 0.05) is 24.1 Å². The molecule has 0 aromatic carbocycles. The smallest absolute Gasteiger partial charge is 0.346 e. The lowest BCUT2D eigenvalue weighted by molar-refractivity contribution is -0.141. The van der Waals surface area contributed by atoms with Crippen molar-refractivity contribution in [3.63, 3.8) is 0 Å². The Kier molecular flexibility index (Phi) is 5.78. The van der Waals surface area contributed by atoms with Crippen LogP contribution in [0.15, 0.2) is 0 Å². The van der Waals surface area contributed by atoms with Crippen LogP contribution in [0.3, 0.4) is 0 Å². The van der Waals surface area contributed by atoms with Crippen LogP contribution in [0.25, 0.3) is 0 Å². The first-order chi connectivity index (χ1) is 8.33. The number of alkyl halides is 3. The zero-order chi connectivity index (χ0) is 13.8. The molecule has 0 spiro atoms. The molecule has 0 bridgehead atoms. The van der Waals surface area contributed by atoms with E-state index in [0.717, 1.165) is 25.3 Å². The fraction of sp³-hybridized carbons (Fsp3) is 0.909. The summed E-state index contributed by atoms with van der Waals surface area (Å²) >= 11 is 1.86. The summed E-state index contributed by atoms with van der Waals surface area (Å²) in [6.45, 7) is 4.00. The van der Waals surface area contributed by atoms with E-state index in [2.05, 4.69) is 6.92 Å².